The summed E-state index contributed by atoms with van der Waals surface area (Å²) in [4.78, 5) is 26.3. The number of carbonyl (C=O) groups is 1. The summed E-state index contributed by atoms with van der Waals surface area (Å²) in [6, 6.07) is 6.00. The van der Waals surface area contributed by atoms with Gasteiger partial charge in [0.05, 0.1) is 5.69 Å². The van der Waals surface area contributed by atoms with E-state index in [1.807, 2.05) is 31.3 Å². The van der Waals surface area contributed by atoms with Gasteiger partial charge in [0, 0.05) is 41.3 Å². The van der Waals surface area contributed by atoms with Gasteiger partial charge in [0.25, 0.3) is 5.56 Å². The third-order valence-corrected chi connectivity index (χ3v) is 5.30. The molecule has 0 saturated carbocycles. The van der Waals surface area contributed by atoms with Crippen molar-refractivity contribution in [2.24, 2.45) is 7.05 Å². The molecule has 0 saturated heterocycles. The molecule has 0 fully saturated rings. The van der Waals surface area contributed by atoms with Crippen LogP contribution in [-0.4, -0.2) is 32.3 Å². The highest BCUT2D eigenvalue weighted by atomic mass is 35.5. The SMILES string of the molecule is CCNCc1cc2c3c(ccc2n1C)-c1[nH]c(=O)c(C(=O)O)c(O)c1CC=C3.Cl. The lowest BCUT2D eigenvalue weighted by Gasteiger charge is -2.13. The van der Waals surface area contributed by atoms with Crippen molar-refractivity contribution >= 4 is 35.4 Å². The number of aromatic hydroxyl groups is 1. The number of aromatic carboxylic acids is 1. The summed E-state index contributed by atoms with van der Waals surface area (Å²) in [5.41, 5.74) is 3.35. The van der Waals surface area contributed by atoms with E-state index in [2.05, 4.69) is 27.9 Å². The maximum absolute atomic E-state index is 12.3. The molecule has 0 spiro atoms. The van der Waals surface area contributed by atoms with Crippen molar-refractivity contribution in [1.29, 1.82) is 0 Å². The normalized spacial score (nSPS) is 12.2. The predicted octanol–water partition coefficient (Wildman–Crippen LogP) is 3.04. The number of aryl methyl sites for hydroxylation is 1. The van der Waals surface area contributed by atoms with E-state index in [0.29, 0.717) is 17.7 Å². The van der Waals surface area contributed by atoms with Gasteiger partial charge in [-0.1, -0.05) is 25.1 Å². The van der Waals surface area contributed by atoms with Crippen LogP contribution in [0.5, 0.6) is 5.75 Å². The van der Waals surface area contributed by atoms with Crippen LogP contribution in [0.3, 0.4) is 0 Å². The molecule has 2 aromatic heterocycles. The molecule has 0 atom stereocenters. The molecule has 1 aliphatic carbocycles. The first-order valence-electron chi connectivity index (χ1n) is 9.14. The van der Waals surface area contributed by atoms with Crippen molar-refractivity contribution in [1.82, 2.24) is 14.9 Å². The van der Waals surface area contributed by atoms with Crippen LogP contribution in [0.4, 0.5) is 0 Å². The van der Waals surface area contributed by atoms with E-state index in [4.69, 9.17) is 0 Å². The Labute approximate surface area is 173 Å². The lowest BCUT2D eigenvalue weighted by atomic mass is 9.97. The highest BCUT2D eigenvalue weighted by Gasteiger charge is 2.25. The summed E-state index contributed by atoms with van der Waals surface area (Å²) < 4.78 is 2.13. The number of H-pyrrole nitrogens is 1. The van der Waals surface area contributed by atoms with E-state index in [0.717, 1.165) is 40.8 Å². The van der Waals surface area contributed by atoms with E-state index in [1.54, 1.807) is 0 Å². The number of hydrogen-bond donors (Lipinski definition) is 4. The van der Waals surface area contributed by atoms with Crippen molar-refractivity contribution in [2.75, 3.05) is 6.54 Å². The number of aromatic amines is 1. The third-order valence-electron chi connectivity index (χ3n) is 5.30. The summed E-state index contributed by atoms with van der Waals surface area (Å²) in [6.45, 7) is 3.68. The van der Waals surface area contributed by atoms with Crippen LogP contribution in [0, 0.1) is 0 Å². The van der Waals surface area contributed by atoms with Crippen LogP contribution in [0.15, 0.2) is 29.1 Å². The number of carboxylic acid groups (broad SMARTS) is 1. The standard InChI is InChI=1S/C21H21N3O4.ClH/c1-3-22-10-11-9-15-12-5-4-6-14-18(13(12)7-8-16(15)24(11)2)23-20(26)17(19(14)25)21(27)28;/h4-5,7-9,22H,3,6,10H2,1-2H3,(H,27,28)(H2,23,25,26);1H. The Morgan fingerprint density at radius 3 is 2.79 bits per heavy atom. The number of hydrogen-bond acceptors (Lipinski definition) is 4. The zero-order valence-electron chi connectivity index (χ0n) is 16.1. The molecule has 29 heavy (non-hydrogen) atoms. The number of aromatic nitrogens is 2. The second-order valence-electron chi connectivity index (χ2n) is 6.88. The zero-order chi connectivity index (χ0) is 20.0. The lowest BCUT2D eigenvalue weighted by Crippen LogP contribution is -2.20. The summed E-state index contributed by atoms with van der Waals surface area (Å²) in [5.74, 6) is -1.91. The zero-order valence-corrected chi connectivity index (χ0v) is 16.9. The minimum absolute atomic E-state index is 0. The van der Waals surface area contributed by atoms with Crippen molar-refractivity contribution < 1.29 is 15.0 Å². The van der Waals surface area contributed by atoms with Gasteiger partial charge in [0.15, 0.2) is 5.56 Å². The Kier molecular flexibility index (Phi) is 5.55. The monoisotopic (exact) mass is 415 g/mol. The molecular formula is C21H22ClN3O4. The molecule has 152 valence electrons. The number of nitrogens with zero attached hydrogens (tertiary/aromatic N) is 1. The van der Waals surface area contributed by atoms with Gasteiger partial charge in [-0.05, 0) is 30.7 Å². The molecule has 1 aromatic carbocycles. The number of halogens is 1. The lowest BCUT2D eigenvalue weighted by molar-refractivity contribution is 0.0691. The fourth-order valence-corrected chi connectivity index (χ4v) is 3.86. The van der Waals surface area contributed by atoms with E-state index in [9.17, 15) is 19.8 Å². The van der Waals surface area contributed by atoms with Gasteiger partial charge in [-0.15, -0.1) is 12.4 Å². The molecule has 3 aromatic rings. The number of nitrogens with one attached hydrogen (secondary N) is 2. The maximum atomic E-state index is 12.3. The van der Waals surface area contributed by atoms with Gasteiger partial charge in [0.2, 0.25) is 0 Å². The van der Waals surface area contributed by atoms with Gasteiger partial charge >= 0.3 is 5.97 Å². The van der Waals surface area contributed by atoms with Crippen LogP contribution in [0.1, 0.15) is 34.1 Å². The molecule has 1 aliphatic rings. The number of rotatable bonds is 4. The number of carboxylic acids is 1. The molecular weight excluding hydrogens is 394 g/mol. The van der Waals surface area contributed by atoms with Crippen molar-refractivity contribution in [3.05, 3.63) is 57.0 Å². The molecule has 4 N–H and O–H groups in total. The summed E-state index contributed by atoms with van der Waals surface area (Å²) in [5, 5.41) is 24.1. The molecule has 2 heterocycles. The molecule has 0 radical (unpaired) electrons. The topological polar surface area (TPSA) is 107 Å². The highest BCUT2D eigenvalue weighted by molar-refractivity contribution is 5.99. The largest absolute Gasteiger partial charge is 0.506 e. The Balaban J connectivity index is 0.00000240. The van der Waals surface area contributed by atoms with Crippen LogP contribution < -0.4 is 10.9 Å². The maximum Gasteiger partial charge on any atom is 0.345 e. The Bertz CT molecular complexity index is 1210. The number of benzene rings is 1. The summed E-state index contributed by atoms with van der Waals surface area (Å²) in [7, 11) is 2.02. The van der Waals surface area contributed by atoms with Crippen LogP contribution in [0.2, 0.25) is 0 Å². The Hall–Kier alpha value is -3.03. The molecule has 0 aliphatic heterocycles. The van der Waals surface area contributed by atoms with Crippen molar-refractivity contribution in [3.63, 3.8) is 0 Å². The quantitative estimate of drug-likeness (QED) is 0.524. The van der Waals surface area contributed by atoms with Gasteiger partial charge in [0.1, 0.15) is 5.75 Å². The molecule has 8 heteroatoms. The molecule has 0 amide bonds. The average molecular weight is 416 g/mol. The number of pyridine rings is 1. The minimum atomic E-state index is -1.44. The first-order chi connectivity index (χ1) is 13.4. The smallest absolute Gasteiger partial charge is 0.345 e. The Morgan fingerprint density at radius 1 is 1.34 bits per heavy atom. The number of allylic oxidation sites excluding steroid dienone is 1. The van der Waals surface area contributed by atoms with Crippen LogP contribution in [0.25, 0.3) is 28.2 Å². The second kappa shape index (κ2) is 7.77. The van der Waals surface area contributed by atoms with Gasteiger partial charge < -0.3 is 25.1 Å². The van der Waals surface area contributed by atoms with Crippen molar-refractivity contribution in [3.8, 4) is 17.0 Å². The third kappa shape index (κ3) is 3.22. The fraction of sp³-hybridized carbons (Fsp3) is 0.238. The van der Waals surface area contributed by atoms with E-state index < -0.39 is 22.8 Å². The molecule has 4 rings (SSSR count). The molecule has 0 unspecified atom stereocenters. The van der Waals surface area contributed by atoms with Gasteiger partial charge in [-0.2, -0.15) is 0 Å². The van der Waals surface area contributed by atoms with E-state index in [1.165, 1.54) is 0 Å². The van der Waals surface area contributed by atoms with Gasteiger partial charge in [-0.3, -0.25) is 4.79 Å². The van der Waals surface area contributed by atoms with E-state index in [-0.39, 0.29) is 12.4 Å². The van der Waals surface area contributed by atoms with Crippen LogP contribution in [-0.2, 0) is 20.0 Å². The predicted molar refractivity (Wildman–Crippen MR) is 115 cm³/mol. The second-order valence-corrected chi connectivity index (χ2v) is 6.88. The average Bonchev–Trinajstić information content (AvgIpc) is 2.85. The minimum Gasteiger partial charge on any atom is -0.506 e. The van der Waals surface area contributed by atoms with Gasteiger partial charge in [-0.25, -0.2) is 4.79 Å². The van der Waals surface area contributed by atoms with Crippen molar-refractivity contribution in [2.45, 2.75) is 19.9 Å². The Morgan fingerprint density at radius 2 is 2.10 bits per heavy atom. The first kappa shape index (κ1) is 20.7. The number of fused-ring (bicyclic) bond motifs is 5. The highest BCUT2D eigenvalue weighted by Crippen LogP contribution is 2.38. The molecule has 0 bridgehead atoms. The summed E-state index contributed by atoms with van der Waals surface area (Å²) in [6.07, 6.45) is 4.17. The summed E-state index contributed by atoms with van der Waals surface area (Å²) >= 11 is 0. The van der Waals surface area contributed by atoms with Crippen LogP contribution >= 0.6 is 12.4 Å². The molecule has 7 nitrogen and oxygen atoms in total. The van der Waals surface area contributed by atoms with E-state index >= 15 is 0 Å². The fourth-order valence-electron chi connectivity index (χ4n) is 3.86. The first-order valence-corrected chi connectivity index (χ1v) is 9.14.